The summed E-state index contributed by atoms with van der Waals surface area (Å²) in [5.41, 5.74) is 1.29. The van der Waals surface area contributed by atoms with Crippen LogP contribution in [0, 0.1) is 0 Å². The molecule has 34 heavy (non-hydrogen) atoms. The van der Waals surface area contributed by atoms with Gasteiger partial charge in [0.2, 0.25) is 5.91 Å². The molecule has 0 bridgehead atoms. The minimum atomic E-state index is -4.07. The van der Waals surface area contributed by atoms with E-state index in [0.717, 1.165) is 15.6 Å². The molecule has 0 radical (unpaired) electrons. The lowest BCUT2D eigenvalue weighted by Crippen LogP contribution is -2.41. The van der Waals surface area contributed by atoms with Crippen LogP contribution in [0.4, 0.5) is 5.69 Å². The topological polar surface area (TPSA) is 94.2 Å². The fourth-order valence-electron chi connectivity index (χ4n) is 3.34. The summed E-state index contributed by atoms with van der Waals surface area (Å²) in [6.07, 6.45) is 0.593. The van der Waals surface area contributed by atoms with Crippen LogP contribution in [0.3, 0.4) is 0 Å². The zero-order valence-electron chi connectivity index (χ0n) is 19.4. The summed E-state index contributed by atoms with van der Waals surface area (Å²) in [5, 5.41) is 2.80. The molecule has 180 valence electrons. The van der Waals surface area contributed by atoms with Gasteiger partial charge in [-0.05, 0) is 60.5 Å². The predicted octanol–water partition coefficient (Wildman–Crippen LogP) is 3.27. The molecule has 3 aromatic carbocycles. The zero-order chi connectivity index (χ0) is 24.6. The van der Waals surface area contributed by atoms with Gasteiger partial charge in [-0.25, -0.2) is 8.42 Å². The lowest BCUT2D eigenvalue weighted by Gasteiger charge is -2.25. The molecule has 9 heteroatoms. The van der Waals surface area contributed by atoms with E-state index in [4.69, 9.17) is 14.2 Å². The number of hydrogen-bond acceptors (Lipinski definition) is 6. The molecule has 0 aliphatic rings. The minimum Gasteiger partial charge on any atom is -0.497 e. The SMILES string of the molecule is COc1ccc(CCNC(=O)CN(c2ccccc2OC)S(=O)(=O)c2ccc(OC)cc2)cc1. The highest BCUT2D eigenvalue weighted by Gasteiger charge is 2.29. The van der Waals surface area contributed by atoms with Crippen LogP contribution in [0.5, 0.6) is 17.2 Å². The smallest absolute Gasteiger partial charge is 0.264 e. The molecule has 1 N–H and O–H groups in total. The van der Waals surface area contributed by atoms with E-state index < -0.39 is 22.5 Å². The van der Waals surface area contributed by atoms with Gasteiger partial charge in [-0.2, -0.15) is 0 Å². The fraction of sp³-hybridized carbons (Fsp3) is 0.240. The van der Waals surface area contributed by atoms with E-state index >= 15 is 0 Å². The van der Waals surface area contributed by atoms with E-state index in [0.29, 0.717) is 24.5 Å². The first-order valence-electron chi connectivity index (χ1n) is 10.6. The van der Waals surface area contributed by atoms with Gasteiger partial charge in [0.05, 0.1) is 31.9 Å². The Hall–Kier alpha value is -3.72. The van der Waals surface area contributed by atoms with Gasteiger partial charge in [-0.3, -0.25) is 9.10 Å². The van der Waals surface area contributed by atoms with Crippen molar-refractivity contribution in [2.24, 2.45) is 0 Å². The van der Waals surface area contributed by atoms with Gasteiger partial charge < -0.3 is 19.5 Å². The number of methoxy groups -OCH3 is 3. The van der Waals surface area contributed by atoms with Gasteiger partial charge in [-0.15, -0.1) is 0 Å². The number of ether oxygens (including phenoxy) is 3. The molecule has 0 unspecified atom stereocenters. The lowest BCUT2D eigenvalue weighted by molar-refractivity contribution is -0.119. The summed E-state index contributed by atoms with van der Waals surface area (Å²) in [5.74, 6) is 1.19. The quantitative estimate of drug-likeness (QED) is 0.449. The lowest BCUT2D eigenvalue weighted by atomic mass is 10.1. The summed E-state index contributed by atoms with van der Waals surface area (Å²) >= 11 is 0. The van der Waals surface area contributed by atoms with Crippen molar-refractivity contribution in [1.82, 2.24) is 5.32 Å². The third-order valence-corrected chi connectivity index (χ3v) is 6.96. The zero-order valence-corrected chi connectivity index (χ0v) is 20.2. The van der Waals surface area contributed by atoms with E-state index in [1.54, 1.807) is 43.5 Å². The van der Waals surface area contributed by atoms with Crippen LogP contribution in [0.1, 0.15) is 5.56 Å². The Balaban J connectivity index is 1.79. The van der Waals surface area contributed by atoms with Gasteiger partial charge >= 0.3 is 0 Å². The summed E-state index contributed by atoms with van der Waals surface area (Å²) < 4.78 is 43.7. The van der Waals surface area contributed by atoms with Gasteiger partial charge in [0, 0.05) is 6.54 Å². The predicted molar refractivity (Wildman–Crippen MR) is 130 cm³/mol. The molecule has 3 aromatic rings. The Kier molecular flexibility index (Phi) is 8.37. The molecular weight excluding hydrogens is 456 g/mol. The Morgan fingerprint density at radius 3 is 2.00 bits per heavy atom. The number of nitrogens with zero attached hydrogens (tertiary/aromatic N) is 1. The Morgan fingerprint density at radius 1 is 0.824 bits per heavy atom. The Morgan fingerprint density at radius 2 is 1.41 bits per heavy atom. The monoisotopic (exact) mass is 484 g/mol. The van der Waals surface area contributed by atoms with Crippen LogP contribution in [0.2, 0.25) is 0 Å². The molecule has 8 nitrogen and oxygen atoms in total. The molecule has 0 aliphatic carbocycles. The number of carbonyl (C=O) groups excluding carboxylic acids is 1. The number of rotatable bonds is 11. The molecule has 3 rings (SSSR count). The molecule has 1 amide bonds. The maximum Gasteiger partial charge on any atom is 0.264 e. The molecule has 0 aliphatic heterocycles. The molecule has 0 fully saturated rings. The summed E-state index contributed by atoms with van der Waals surface area (Å²) in [4.78, 5) is 12.8. The maximum atomic E-state index is 13.5. The highest BCUT2D eigenvalue weighted by atomic mass is 32.2. The number of nitrogens with one attached hydrogen (secondary N) is 1. The molecule has 0 saturated carbocycles. The average molecular weight is 485 g/mol. The first kappa shape index (κ1) is 24.9. The second kappa shape index (κ2) is 11.4. The molecule has 0 heterocycles. The standard InChI is InChI=1S/C25H28N2O6S/c1-31-20-10-8-19(9-11-20)16-17-26-25(28)18-27(23-6-4-5-7-24(23)33-3)34(29,30)22-14-12-21(32-2)13-15-22/h4-15H,16-18H2,1-3H3,(H,26,28). The van der Waals surface area contributed by atoms with Gasteiger partial charge in [-0.1, -0.05) is 24.3 Å². The van der Waals surface area contributed by atoms with E-state index in [1.807, 2.05) is 24.3 Å². The third-order valence-electron chi connectivity index (χ3n) is 5.18. The Labute approximate surface area is 200 Å². The summed E-state index contributed by atoms with van der Waals surface area (Å²) in [7, 11) is 0.483. The van der Waals surface area contributed by atoms with Crippen molar-refractivity contribution < 1.29 is 27.4 Å². The Bertz CT molecular complexity index is 1190. The number of para-hydroxylation sites is 2. The minimum absolute atomic E-state index is 0.0326. The second-order valence-corrected chi connectivity index (χ2v) is 9.17. The van der Waals surface area contributed by atoms with Crippen molar-refractivity contribution >= 4 is 21.6 Å². The van der Waals surface area contributed by atoms with Gasteiger partial charge in [0.15, 0.2) is 0 Å². The van der Waals surface area contributed by atoms with Crippen LogP contribution in [0.25, 0.3) is 0 Å². The normalized spacial score (nSPS) is 10.9. The third kappa shape index (κ3) is 5.99. The van der Waals surface area contributed by atoms with E-state index in [9.17, 15) is 13.2 Å². The van der Waals surface area contributed by atoms with E-state index in [2.05, 4.69) is 5.32 Å². The maximum absolute atomic E-state index is 13.5. The number of anilines is 1. The van der Waals surface area contributed by atoms with Crippen LogP contribution < -0.4 is 23.8 Å². The molecule has 0 spiro atoms. The number of carbonyl (C=O) groups is 1. The van der Waals surface area contributed by atoms with Crippen molar-refractivity contribution in [2.45, 2.75) is 11.3 Å². The summed E-state index contributed by atoms with van der Waals surface area (Å²) in [6.45, 7) is -0.0507. The van der Waals surface area contributed by atoms with E-state index in [-0.39, 0.29) is 10.6 Å². The molecule has 0 atom stereocenters. The molecule has 0 saturated heterocycles. The molecular formula is C25H28N2O6S. The van der Waals surface area contributed by atoms with Gasteiger partial charge in [0.25, 0.3) is 10.0 Å². The van der Waals surface area contributed by atoms with Crippen molar-refractivity contribution in [1.29, 1.82) is 0 Å². The van der Waals surface area contributed by atoms with Crippen molar-refractivity contribution in [3.05, 3.63) is 78.4 Å². The van der Waals surface area contributed by atoms with Crippen LogP contribution in [-0.4, -0.2) is 48.7 Å². The highest BCUT2D eigenvalue weighted by Crippen LogP contribution is 2.32. The van der Waals surface area contributed by atoms with Crippen molar-refractivity contribution in [3.63, 3.8) is 0 Å². The second-order valence-electron chi connectivity index (χ2n) is 7.31. The van der Waals surface area contributed by atoms with Crippen LogP contribution in [0.15, 0.2) is 77.7 Å². The number of benzene rings is 3. The fourth-order valence-corrected chi connectivity index (χ4v) is 4.77. The highest BCUT2D eigenvalue weighted by molar-refractivity contribution is 7.92. The van der Waals surface area contributed by atoms with E-state index in [1.165, 1.54) is 26.4 Å². The number of sulfonamides is 1. The van der Waals surface area contributed by atoms with Crippen molar-refractivity contribution in [3.8, 4) is 17.2 Å². The van der Waals surface area contributed by atoms with Crippen molar-refractivity contribution in [2.75, 3.05) is 38.7 Å². The van der Waals surface area contributed by atoms with Gasteiger partial charge in [0.1, 0.15) is 23.8 Å². The average Bonchev–Trinajstić information content (AvgIpc) is 2.87. The number of hydrogen-bond donors (Lipinski definition) is 1. The summed E-state index contributed by atoms with van der Waals surface area (Å²) in [6, 6.07) is 20.2. The number of amides is 1. The first-order chi connectivity index (χ1) is 16.4. The first-order valence-corrected chi connectivity index (χ1v) is 12.0. The van der Waals surface area contributed by atoms with Crippen LogP contribution in [-0.2, 0) is 21.2 Å². The largest absolute Gasteiger partial charge is 0.497 e. The van der Waals surface area contributed by atoms with Crippen LogP contribution >= 0.6 is 0 Å². The molecule has 0 aromatic heterocycles.